The summed E-state index contributed by atoms with van der Waals surface area (Å²) >= 11 is 9.17. The monoisotopic (exact) mass is 303 g/mol. The van der Waals surface area contributed by atoms with Gasteiger partial charge in [0.15, 0.2) is 0 Å². The second-order valence-corrected chi connectivity index (χ2v) is 4.88. The van der Waals surface area contributed by atoms with Crippen LogP contribution in [0.3, 0.4) is 0 Å². The molecule has 86 valence electrons. The lowest BCUT2D eigenvalue weighted by Gasteiger charge is -2.10. The maximum absolute atomic E-state index is 11.7. The Morgan fingerprint density at radius 2 is 2.38 bits per heavy atom. The SMILES string of the molecule is O=C(Nc1ccc(Cl)c(Br)c1)[C@H]1CCCO1. The zero-order valence-electron chi connectivity index (χ0n) is 8.50. The fourth-order valence-corrected chi connectivity index (χ4v) is 2.08. The van der Waals surface area contributed by atoms with Gasteiger partial charge in [0.05, 0.1) is 5.02 Å². The lowest BCUT2D eigenvalue weighted by Crippen LogP contribution is -2.26. The van der Waals surface area contributed by atoms with Crippen LogP contribution in [-0.2, 0) is 9.53 Å². The molecule has 1 N–H and O–H groups in total. The lowest BCUT2D eigenvalue weighted by atomic mass is 10.2. The Bertz CT molecular complexity index is 405. The first-order valence-corrected chi connectivity index (χ1v) is 6.21. The van der Waals surface area contributed by atoms with Crippen molar-refractivity contribution in [3.8, 4) is 0 Å². The standard InChI is InChI=1S/C11H11BrClNO2/c12-8-6-7(3-4-9(8)13)14-11(15)10-2-1-5-16-10/h3-4,6,10H,1-2,5H2,(H,14,15)/t10-/m1/s1. The summed E-state index contributed by atoms with van der Waals surface area (Å²) in [6.07, 6.45) is 1.43. The fourth-order valence-electron chi connectivity index (χ4n) is 1.58. The molecule has 1 aromatic rings. The molecule has 3 nitrogen and oxygen atoms in total. The van der Waals surface area contributed by atoms with Gasteiger partial charge in [-0.3, -0.25) is 4.79 Å². The molecule has 0 unspecified atom stereocenters. The van der Waals surface area contributed by atoms with E-state index in [1.165, 1.54) is 0 Å². The molecule has 5 heteroatoms. The highest BCUT2D eigenvalue weighted by Crippen LogP contribution is 2.26. The molecular formula is C11H11BrClNO2. The summed E-state index contributed by atoms with van der Waals surface area (Å²) in [7, 11) is 0. The number of rotatable bonds is 2. The van der Waals surface area contributed by atoms with Crippen LogP contribution in [0.2, 0.25) is 5.02 Å². The van der Waals surface area contributed by atoms with E-state index >= 15 is 0 Å². The van der Waals surface area contributed by atoms with Crippen LogP contribution in [0.15, 0.2) is 22.7 Å². The molecule has 0 spiro atoms. The average Bonchev–Trinajstić information content (AvgIpc) is 2.77. The van der Waals surface area contributed by atoms with Crippen molar-refractivity contribution in [3.05, 3.63) is 27.7 Å². The third kappa shape index (κ3) is 2.75. The molecule has 1 fully saturated rings. The highest BCUT2D eigenvalue weighted by Gasteiger charge is 2.23. The average molecular weight is 305 g/mol. The van der Waals surface area contributed by atoms with Gasteiger partial charge in [0, 0.05) is 16.8 Å². The number of carbonyl (C=O) groups is 1. The first-order chi connectivity index (χ1) is 7.66. The second-order valence-electron chi connectivity index (χ2n) is 3.62. The van der Waals surface area contributed by atoms with E-state index < -0.39 is 0 Å². The quantitative estimate of drug-likeness (QED) is 0.911. The molecule has 1 atom stereocenters. The summed E-state index contributed by atoms with van der Waals surface area (Å²) in [5, 5.41) is 3.42. The molecule has 1 aromatic carbocycles. The van der Waals surface area contributed by atoms with E-state index in [4.69, 9.17) is 16.3 Å². The van der Waals surface area contributed by atoms with Crippen LogP contribution >= 0.6 is 27.5 Å². The van der Waals surface area contributed by atoms with Gasteiger partial charge < -0.3 is 10.1 Å². The summed E-state index contributed by atoms with van der Waals surface area (Å²) in [6.45, 7) is 0.669. The molecule has 1 heterocycles. The third-order valence-electron chi connectivity index (χ3n) is 2.41. The topological polar surface area (TPSA) is 38.3 Å². The maximum atomic E-state index is 11.7. The molecule has 0 aliphatic carbocycles. The van der Waals surface area contributed by atoms with Crippen molar-refractivity contribution in [2.45, 2.75) is 18.9 Å². The molecule has 0 aromatic heterocycles. The van der Waals surface area contributed by atoms with Crippen molar-refractivity contribution in [2.75, 3.05) is 11.9 Å². The van der Waals surface area contributed by atoms with Gasteiger partial charge in [-0.25, -0.2) is 0 Å². The molecule has 0 saturated carbocycles. The van der Waals surface area contributed by atoms with Gasteiger partial charge in [-0.1, -0.05) is 11.6 Å². The van der Waals surface area contributed by atoms with E-state index in [9.17, 15) is 4.79 Å². The van der Waals surface area contributed by atoms with Crippen LogP contribution in [0, 0.1) is 0 Å². The van der Waals surface area contributed by atoms with Crippen molar-refractivity contribution in [2.24, 2.45) is 0 Å². The molecule has 1 aliphatic rings. The molecule has 16 heavy (non-hydrogen) atoms. The van der Waals surface area contributed by atoms with Crippen LogP contribution < -0.4 is 5.32 Å². The minimum Gasteiger partial charge on any atom is -0.368 e. The fraction of sp³-hybridized carbons (Fsp3) is 0.364. The minimum atomic E-state index is -0.311. The van der Waals surface area contributed by atoms with Gasteiger partial charge in [-0.15, -0.1) is 0 Å². The Kier molecular flexibility index (Phi) is 3.84. The normalized spacial score (nSPS) is 19.8. The van der Waals surface area contributed by atoms with E-state index in [1.807, 2.05) is 0 Å². The Hall–Kier alpha value is -0.580. The van der Waals surface area contributed by atoms with Crippen LogP contribution in [0.1, 0.15) is 12.8 Å². The summed E-state index contributed by atoms with van der Waals surface area (Å²) < 4.78 is 6.05. The molecule has 2 rings (SSSR count). The van der Waals surface area contributed by atoms with E-state index in [-0.39, 0.29) is 12.0 Å². The van der Waals surface area contributed by atoms with Crippen LogP contribution in [0.25, 0.3) is 0 Å². The van der Waals surface area contributed by atoms with Crippen molar-refractivity contribution in [3.63, 3.8) is 0 Å². The Morgan fingerprint density at radius 1 is 1.56 bits per heavy atom. The molecule has 0 radical (unpaired) electrons. The van der Waals surface area contributed by atoms with Gasteiger partial charge in [0.1, 0.15) is 6.10 Å². The number of hydrogen-bond donors (Lipinski definition) is 1. The number of nitrogens with one attached hydrogen (secondary N) is 1. The van der Waals surface area contributed by atoms with E-state index in [1.54, 1.807) is 18.2 Å². The van der Waals surface area contributed by atoms with Gasteiger partial charge in [-0.05, 0) is 47.0 Å². The van der Waals surface area contributed by atoms with Gasteiger partial charge in [-0.2, -0.15) is 0 Å². The summed E-state index contributed by atoms with van der Waals surface area (Å²) in [5.41, 5.74) is 0.719. The van der Waals surface area contributed by atoms with E-state index in [2.05, 4.69) is 21.2 Å². The highest BCUT2D eigenvalue weighted by atomic mass is 79.9. The zero-order chi connectivity index (χ0) is 11.5. The van der Waals surface area contributed by atoms with Gasteiger partial charge >= 0.3 is 0 Å². The highest BCUT2D eigenvalue weighted by molar-refractivity contribution is 9.10. The first kappa shape index (κ1) is 11.9. The number of amides is 1. The lowest BCUT2D eigenvalue weighted by molar-refractivity contribution is -0.124. The van der Waals surface area contributed by atoms with Crippen molar-refractivity contribution < 1.29 is 9.53 Å². The molecule has 0 bridgehead atoms. The number of hydrogen-bond acceptors (Lipinski definition) is 2. The van der Waals surface area contributed by atoms with Crippen molar-refractivity contribution >= 4 is 39.1 Å². The van der Waals surface area contributed by atoms with Crippen LogP contribution in [0.5, 0.6) is 0 Å². The zero-order valence-corrected chi connectivity index (χ0v) is 10.8. The second kappa shape index (κ2) is 5.17. The van der Waals surface area contributed by atoms with Gasteiger partial charge in [0.2, 0.25) is 0 Å². The summed E-state index contributed by atoms with van der Waals surface area (Å²) in [5.74, 6) is -0.0910. The summed E-state index contributed by atoms with van der Waals surface area (Å²) in [4.78, 5) is 11.7. The largest absolute Gasteiger partial charge is 0.368 e. The Balaban J connectivity index is 2.02. The van der Waals surface area contributed by atoms with Crippen molar-refractivity contribution in [1.29, 1.82) is 0 Å². The maximum Gasteiger partial charge on any atom is 0.253 e. The number of carbonyl (C=O) groups excluding carboxylic acids is 1. The number of ether oxygens (including phenoxy) is 1. The van der Waals surface area contributed by atoms with Crippen LogP contribution in [-0.4, -0.2) is 18.6 Å². The van der Waals surface area contributed by atoms with E-state index in [0.29, 0.717) is 11.6 Å². The van der Waals surface area contributed by atoms with Gasteiger partial charge in [0.25, 0.3) is 5.91 Å². The van der Waals surface area contributed by atoms with E-state index in [0.717, 1.165) is 23.0 Å². The molecule has 1 aliphatic heterocycles. The Labute approximate surface area is 107 Å². The van der Waals surface area contributed by atoms with Crippen LogP contribution in [0.4, 0.5) is 5.69 Å². The predicted octanol–water partition coefficient (Wildman–Crippen LogP) is 3.22. The number of anilines is 1. The third-order valence-corrected chi connectivity index (χ3v) is 3.62. The molecule has 1 saturated heterocycles. The molecular weight excluding hydrogens is 293 g/mol. The number of benzene rings is 1. The summed E-state index contributed by atoms with van der Waals surface area (Å²) in [6, 6.07) is 5.27. The molecule has 1 amide bonds. The van der Waals surface area contributed by atoms with Crippen molar-refractivity contribution in [1.82, 2.24) is 0 Å². The number of halogens is 2. The predicted molar refractivity (Wildman–Crippen MR) is 66.8 cm³/mol. The smallest absolute Gasteiger partial charge is 0.253 e. The Morgan fingerprint density at radius 3 is 3.00 bits per heavy atom. The minimum absolute atomic E-state index is 0.0910. The first-order valence-electron chi connectivity index (χ1n) is 5.04.